The third kappa shape index (κ3) is 4.47. The molecule has 1 aliphatic rings. The molecular formula is C13H26NO4Si. The van der Waals surface area contributed by atoms with Crippen LogP contribution >= 0.6 is 0 Å². The normalized spacial score (nSPS) is 24.1. The monoisotopic (exact) mass is 288 g/mol. The molecule has 0 aromatic heterocycles. The highest BCUT2D eigenvalue weighted by Gasteiger charge is 2.43. The molecule has 0 saturated carbocycles. The summed E-state index contributed by atoms with van der Waals surface area (Å²) in [6.07, 6.45) is 0.386. The molecule has 0 bridgehead atoms. The van der Waals surface area contributed by atoms with Gasteiger partial charge < -0.3 is 13.9 Å². The first kappa shape index (κ1) is 16.5. The van der Waals surface area contributed by atoms with E-state index >= 15 is 0 Å². The SMILES string of the molecule is COC1[C@H](C(C)(C)C)CCN1C(=O)OCO[Si](C)C. The molecule has 1 saturated heterocycles. The van der Waals surface area contributed by atoms with E-state index in [2.05, 4.69) is 20.8 Å². The van der Waals surface area contributed by atoms with Gasteiger partial charge in [0, 0.05) is 19.6 Å². The van der Waals surface area contributed by atoms with Crippen molar-refractivity contribution in [3.05, 3.63) is 0 Å². The minimum Gasteiger partial charge on any atom is -0.423 e. The van der Waals surface area contributed by atoms with Crippen LogP contribution in [0.5, 0.6) is 0 Å². The van der Waals surface area contributed by atoms with Gasteiger partial charge in [-0.1, -0.05) is 20.8 Å². The summed E-state index contributed by atoms with van der Waals surface area (Å²) in [5.74, 6) is 0.322. The second-order valence-corrected chi connectivity index (χ2v) is 8.27. The first-order chi connectivity index (χ1) is 8.77. The van der Waals surface area contributed by atoms with Gasteiger partial charge in [-0.15, -0.1) is 0 Å². The number of carbonyl (C=O) groups is 1. The van der Waals surface area contributed by atoms with Crippen molar-refractivity contribution in [3.63, 3.8) is 0 Å². The van der Waals surface area contributed by atoms with Crippen LogP contribution in [0.25, 0.3) is 0 Å². The van der Waals surface area contributed by atoms with Crippen molar-refractivity contribution in [1.29, 1.82) is 0 Å². The van der Waals surface area contributed by atoms with Crippen LogP contribution in [0.3, 0.4) is 0 Å². The number of carbonyl (C=O) groups excluding carboxylic acids is 1. The summed E-state index contributed by atoms with van der Waals surface area (Å²) in [6.45, 7) is 11.2. The van der Waals surface area contributed by atoms with E-state index in [1.54, 1.807) is 12.0 Å². The summed E-state index contributed by atoms with van der Waals surface area (Å²) < 4.78 is 16.0. The molecule has 1 rings (SSSR count). The van der Waals surface area contributed by atoms with Gasteiger partial charge >= 0.3 is 6.09 Å². The Morgan fingerprint density at radius 1 is 1.37 bits per heavy atom. The van der Waals surface area contributed by atoms with Crippen molar-refractivity contribution < 1.29 is 18.7 Å². The molecule has 0 N–H and O–H groups in total. The van der Waals surface area contributed by atoms with Crippen LogP contribution in [0.15, 0.2) is 0 Å². The summed E-state index contributed by atoms with van der Waals surface area (Å²) in [6, 6.07) is 0. The molecule has 6 heteroatoms. The van der Waals surface area contributed by atoms with E-state index < -0.39 is 9.04 Å². The Morgan fingerprint density at radius 3 is 2.47 bits per heavy atom. The zero-order chi connectivity index (χ0) is 14.6. The first-order valence-electron chi connectivity index (χ1n) is 6.66. The highest BCUT2D eigenvalue weighted by molar-refractivity contribution is 6.48. The number of ether oxygens (including phenoxy) is 2. The lowest BCUT2D eigenvalue weighted by Gasteiger charge is -2.33. The Bertz CT molecular complexity index is 304. The molecule has 1 amide bonds. The molecule has 1 radical (unpaired) electrons. The van der Waals surface area contributed by atoms with Crippen LogP contribution in [0.4, 0.5) is 4.79 Å². The summed E-state index contributed by atoms with van der Waals surface area (Å²) in [7, 11) is 0.811. The highest BCUT2D eigenvalue weighted by atomic mass is 28.3. The average molecular weight is 288 g/mol. The standard InChI is InChI=1S/C13H26NO4Si/c1-13(2,3)10-7-8-14(11(10)16-4)12(15)17-9-18-19(5)6/h10-11H,7-9H2,1-6H3/t10-,11?/m1/s1. The molecule has 2 atom stereocenters. The summed E-state index contributed by atoms with van der Waals surface area (Å²) >= 11 is 0. The van der Waals surface area contributed by atoms with Gasteiger partial charge in [0.2, 0.25) is 9.04 Å². The number of rotatable bonds is 4. The fourth-order valence-corrected chi connectivity index (χ4v) is 2.69. The van der Waals surface area contributed by atoms with Gasteiger partial charge in [0.25, 0.3) is 0 Å². The van der Waals surface area contributed by atoms with E-state index in [0.29, 0.717) is 12.5 Å². The van der Waals surface area contributed by atoms with E-state index in [1.165, 1.54) is 0 Å². The van der Waals surface area contributed by atoms with Gasteiger partial charge in [0.1, 0.15) is 6.23 Å². The second-order valence-electron chi connectivity index (χ2n) is 6.16. The Kier molecular flexibility index (Phi) is 5.82. The number of hydrogen-bond acceptors (Lipinski definition) is 4. The maximum absolute atomic E-state index is 12.0. The molecule has 0 aromatic carbocycles. The highest BCUT2D eigenvalue weighted by Crippen LogP contribution is 2.38. The Morgan fingerprint density at radius 2 is 2.00 bits per heavy atom. The lowest BCUT2D eigenvalue weighted by molar-refractivity contribution is -0.0598. The third-order valence-corrected chi connectivity index (χ3v) is 4.15. The molecule has 19 heavy (non-hydrogen) atoms. The Balaban J connectivity index is 2.56. The molecule has 1 aliphatic heterocycles. The summed E-state index contributed by atoms with van der Waals surface area (Å²) in [4.78, 5) is 13.7. The molecule has 111 valence electrons. The van der Waals surface area contributed by atoms with Gasteiger partial charge in [-0.05, 0) is 24.9 Å². The number of nitrogens with zero attached hydrogens (tertiary/aromatic N) is 1. The lowest BCUT2D eigenvalue weighted by Crippen LogP contribution is -2.42. The van der Waals surface area contributed by atoms with Crippen molar-refractivity contribution in [3.8, 4) is 0 Å². The predicted molar refractivity (Wildman–Crippen MR) is 75.0 cm³/mol. The summed E-state index contributed by atoms with van der Waals surface area (Å²) in [5, 5.41) is 0. The van der Waals surface area contributed by atoms with Gasteiger partial charge in [-0.25, -0.2) is 4.79 Å². The van der Waals surface area contributed by atoms with Crippen molar-refractivity contribution >= 4 is 15.1 Å². The fraction of sp³-hybridized carbons (Fsp3) is 0.923. The molecule has 5 nitrogen and oxygen atoms in total. The maximum Gasteiger partial charge on any atom is 0.413 e. The van der Waals surface area contributed by atoms with Gasteiger partial charge in [0.15, 0.2) is 6.79 Å². The van der Waals surface area contributed by atoms with E-state index in [0.717, 1.165) is 6.42 Å². The largest absolute Gasteiger partial charge is 0.423 e. The number of likely N-dealkylation sites (tertiary alicyclic amines) is 1. The molecular weight excluding hydrogens is 262 g/mol. The quantitative estimate of drug-likeness (QED) is 0.589. The first-order valence-corrected chi connectivity index (χ1v) is 9.07. The van der Waals surface area contributed by atoms with E-state index in [-0.39, 0.29) is 24.5 Å². The topological polar surface area (TPSA) is 48.0 Å². The lowest BCUT2D eigenvalue weighted by atomic mass is 9.79. The molecule has 1 heterocycles. The average Bonchev–Trinajstić information content (AvgIpc) is 2.71. The van der Waals surface area contributed by atoms with Crippen molar-refractivity contribution in [2.45, 2.75) is 46.5 Å². The number of hydrogen-bond donors (Lipinski definition) is 0. The maximum atomic E-state index is 12.0. The molecule has 1 fully saturated rings. The van der Waals surface area contributed by atoms with E-state index in [1.807, 2.05) is 13.1 Å². The zero-order valence-corrected chi connectivity index (χ0v) is 13.9. The zero-order valence-electron chi connectivity index (χ0n) is 12.9. The van der Waals surface area contributed by atoms with E-state index in [9.17, 15) is 4.79 Å². The van der Waals surface area contributed by atoms with Crippen LogP contribution in [0.1, 0.15) is 27.2 Å². The Labute approximate surface area is 117 Å². The molecule has 1 unspecified atom stereocenters. The smallest absolute Gasteiger partial charge is 0.413 e. The number of methoxy groups -OCH3 is 1. The van der Waals surface area contributed by atoms with Gasteiger partial charge in [-0.3, -0.25) is 4.90 Å². The molecule has 0 aromatic rings. The van der Waals surface area contributed by atoms with Crippen LogP contribution in [-0.4, -0.2) is 46.7 Å². The van der Waals surface area contributed by atoms with Crippen LogP contribution in [0, 0.1) is 11.3 Å². The van der Waals surface area contributed by atoms with E-state index in [4.69, 9.17) is 13.9 Å². The minimum absolute atomic E-state index is 0.0350. The second kappa shape index (κ2) is 6.72. The van der Waals surface area contributed by atoms with Crippen molar-refractivity contribution in [1.82, 2.24) is 4.90 Å². The molecule has 0 spiro atoms. The molecule has 0 aliphatic carbocycles. The minimum atomic E-state index is -0.833. The van der Waals surface area contributed by atoms with Crippen molar-refractivity contribution in [2.24, 2.45) is 11.3 Å². The van der Waals surface area contributed by atoms with Crippen LogP contribution in [0.2, 0.25) is 13.1 Å². The van der Waals surface area contributed by atoms with Crippen molar-refractivity contribution in [2.75, 3.05) is 20.4 Å². The third-order valence-electron chi connectivity index (χ3n) is 3.45. The predicted octanol–water partition coefficient (Wildman–Crippen LogP) is 2.69. The number of amides is 1. The van der Waals surface area contributed by atoms with Gasteiger partial charge in [-0.2, -0.15) is 0 Å². The summed E-state index contributed by atoms with van der Waals surface area (Å²) in [5.41, 5.74) is 0.106. The Hall–Kier alpha value is -0.593. The van der Waals surface area contributed by atoms with Crippen LogP contribution < -0.4 is 0 Å². The fourth-order valence-electron chi connectivity index (χ4n) is 2.39. The van der Waals surface area contributed by atoms with Gasteiger partial charge in [0.05, 0.1) is 0 Å². The van der Waals surface area contributed by atoms with Crippen LogP contribution in [-0.2, 0) is 13.9 Å².